The molecule has 3 aromatic carbocycles. The van der Waals surface area contributed by atoms with Crippen LogP contribution in [0.2, 0.25) is 5.02 Å². The first kappa shape index (κ1) is 25.2. The van der Waals surface area contributed by atoms with Crippen molar-refractivity contribution in [2.45, 2.75) is 20.0 Å². The molecular formula is C24H21BrClN3O5. The first-order valence-electron chi connectivity index (χ1n) is 10.2. The van der Waals surface area contributed by atoms with E-state index in [1.165, 1.54) is 30.5 Å². The minimum Gasteiger partial charge on any atom is -0.490 e. The third-order valence-corrected chi connectivity index (χ3v) is 5.53. The highest BCUT2D eigenvalue weighted by Gasteiger charge is 2.13. The second-order valence-corrected chi connectivity index (χ2v) is 8.30. The van der Waals surface area contributed by atoms with Crippen molar-refractivity contribution >= 4 is 45.3 Å². The highest BCUT2D eigenvalue weighted by Crippen LogP contribution is 2.37. The summed E-state index contributed by atoms with van der Waals surface area (Å²) in [6, 6.07) is 16.7. The van der Waals surface area contributed by atoms with Gasteiger partial charge in [0.15, 0.2) is 11.5 Å². The zero-order valence-corrected chi connectivity index (χ0v) is 20.5. The Balaban J connectivity index is 1.65. The van der Waals surface area contributed by atoms with E-state index in [0.29, 0.717) is 38.7 Å². The summed E-state index contributed by atoms with van der Waals surface area (Å²) in [5.41, 5.74) is 4.58. The van der Waals surface area contributed by atoms with Gasteiger partial charge < -0.3 is 9.47 Å². The van der Waals surface area contributed by atoms with Crippen LogP contribution in [0.4, 0.5) is 5.69 Å². The maximum Gasteiger partial charge on any atom is 0.269 e. The number of nitro groups is 1. The molecule has 0 aliphatic rings. The molecule has 0 aliphatic heterocycles. The third-order valence-electron chi connectivity index (χ3n) is 4.58. The highest BCUT2D eigenvalue weighted by molar-refractivity contribution is 9.10. The van der Waals surface area contributed by atoms with Crippen molar-refractivity contribution in [3.63, 3.8) is 0 Å². The molecule has 3 rings (SSSR count). The van der Waals surface area contributed by atoms with E-state index in [9.17, 15) is 14.9 Å². The number of carbonyl (C=O) groups excluding carboxylic acids is 1. The zero-order valence-electron chi connectivity index (χ0n) is 18.2. The van der Waals surface area contributed by atoms with E-state index >= 15 is 0 Å². The molecule has 176 valence electrons. The summed E-state index contributed by atoms with van der Waals surface area (Å²) in [6.45, 7) is 2.57. The molecule has 0 saturated heterocycles. The van der Waals surface area contributed by atoms with Crippen molar-refractivity contribution in [2.75, 3.05) is 6.61 Å². The number of non-ortho nitro benzene ring substituents is 1. The number of carbonyl (C=O) groups is 1. The van der Waals surface area contributed by atoms with E-state index in [2.05, 4.69) is 26.5 Å². The van der Waals surface area contributed by atoms with Crippen LogP contribution in [0.25, 0.3) is 0 Å². The van der Waals surface area contributed by atoms with Crippen molar-refractivity contribution in [2.24, 2.45) is 5.10 Å². The number of hydrogen-bond donors (Lipinski definition) is 1. The van der Waals surface area contributed by atoms with Gasteiger partial charge in [0.1, 0.15) is 6.61 Å². The number of nitro benzene ring substituents is 1. The first-order chi connectivity index (χ1) is 16.4. The number of amides is 1. The van der Waals surface area contributed by atoms with E-state index in [1.807, 2.05) is 25.1 Å². The highest BCUT2D eigenvalue weighted by atomic mass is 79.9. The molecule has 0 atom stereocenters. The van der Waals surface area contributed by atoms with Crippen molar-refractivity contribution in [3.8, 4) is 11.5 Å². The molecule has 1 amide bonds. The number of hydrazone groups is 1. The smallest absolute Gasteiger partial charge is 0.269 e. The van der Waals surface area contributed by atoms with Gasteiger partial charge in [-0.3, -0.25) is 14.9 Å². The van der Waals surface area contributed by atoms with Gasteiger partial charge in [-0.25, -0.2) is 5.43 Å². The van der Waals surface area contributed by atoms with Gasteiger partial charge in [0.2, 0.25) is 5.91 Å². The molecule has 0 bridgehead atoms. The van der Waals surface area contributed by atoms with Crippen LogP contribution in [-0.4, -0.2) is 23.7 Å². The number of benzene rings is 3. The van der Waals surface area contributed by atoms with Crippen LogP contribution in [0.1, 0.15) is 23.6 Å². The molecule has 1 N–H and O–H groups in total. The summed E-state index contributed by atoms with van der Waals surface area (Å²) in [5.74, 6) is 0.692. The predicted octanol–water partition coefficient (Wildman–Crippen LogP) is 5.68. The lowest BCUT2D eigenvalue weighted by Crippen LogP contribution is -2.19. The lowest BCUT2D eigenvalue weighted by Gasteiger charge is -2.15. The number of rotatable bonds is 10. The van der Waals surface area contributed by atoms with Crippen LogP contribution >= 0.6 is 27.5 Å². The molecule has 0 heterocycles. The third kappa shape index (κ3) is 7.03. The number of nitrogens with zero attached hydrogens (tertiary/aromatic N) is 2. The summed E-state index contributed by atoms with van der Waals surface area (Å²) in [4.78, 5) is 22.4. The molecule has 0 aromatic heterocycles. The zero-order chi connectivity index (χ0) is 24.5. The Morgan fingerprint density at radius 3 is 2.59 bits per heavy atom. The molecule has 0 saturated carbocycles. The van der Waals surface area contributed by atoms with Crippen LogP contribution in [0.3, 0.4) is 0 Å². The van der Waals surface area contributed by atoms with E-state index < -0.39 is 4.92 Å². The Kier molecular flexibility index (Phi) is 9.00. The van der Waals surface area contributed by atoms with Gasteiger partial charge in [0.05, 0.1) is 28.6 Å². The fraction of sp³-hybridized carbons (Fsp3) is 0.167. The Hall–Kier alpha value is -3.43. The topological polar surface area (TPSA) is 103 Å². The Morgan fingerprint density at radius 1 is 1.18 bits per heavy atom. The Bertz CT molecular complexity index is 1200. The fourth-order valence-electron chi connectivity index (χ4n) is 2.97. The van der Waals surface area contributed by atoms with Gasteiger partial charge in [0.25, 0.3) is 5.69 Å². The standard InChI is InChI=1S/C24H21BrClN3O5/c1-2-33-22-12-17(11-20(25)24(22)34-15-18-5-3-4-6-21(18)26)14-27-28-23(30)13-16-7-9-19(10-8-16)29(31)32/h3-12,14H,2,13,15H2,1H3,(H,28,30)/b27-14-. The lowest BCUT2D eigenvalue weighted by molar-refractivity contribution is -0.384. The molecule has 34 heavy (non-hydrogen) atoms. The summed E-state index contributed by atoms with van der Waals surface area (Å²) in [5, 5.41) is 15.3. The largest absolute Gasteiger partial charge is 0.490 e. The first-order valence-corrected chi connectivity index (χ1v) is 11.4. The normalized spacial score (nSPS) is 10.8. The number of halogens is 2. The SMILES string of the molecule is CCOc1cc(/C=N\NC(=O)Cc2ccc([N+](=O)[O-])cc2)cc(Br)c1OCc1ccccc1Cl. The maximum atomic E-state index is 12.1. The van der Waals surface area contributed by atoms with Gasteiger partial charge in [0, 0.05) is 22.7 Å². The Labute approximate surface area is 209 Å². The van der Waals surface area contributed by atoms with Crippen LogP contribution in [0.5, 0.6) is 11.5 Å². The number of ether oxygens (including phenoxy) is 2. The molecule has 10 heteroatoms. The fourth-order valence-corrected chi connectivity index (χ4v) is 3.73. The monoisotopic (exact) mass is 545 g/mol. The minimum absolute atomic E-state index is 0.0304. The molecule has 0 fully saturated rings. The molecule has 0 radical (unpaired) electrons. The molecule has 0 unspecified atom stereocenters. The quantitative estimate of drug-likeness (QED) is 0.200. The van der Waals surface area contributed by atoms with E-state index in [-0.39, 0.29) is 24.6 Å². The summed E-state index contributed by atoms with van der Waals surface area (Å²) >= 11 is 9.71. The summed E-state index contributed by atoms with van der Waals surface area (Å²) in [6.07, 6.45) is 1.52. The van der Waals surface area contributed by atoms with Crippen molar-refractivity contribution < 1.29 is 19.2 Å². The predicted molar refractivity (Wildman–Crippen MR) is 134 cm³/mol. The second kappa shape index (κ2) is 12.2. The number of hydrogen-bond acceptors (Lipinski definition) is 6. The number of nitrogens with one attached hydrogen (secondary N) is 1. The van der Waals surface area contributed by atoms with E-state index in [1.54, 1.807) is 18.2 Å². The maximum absolute atomic E-state index is 12.1. The molecular weight excluding hydrogens is 526 g/mol. The molecule has 3 aromatic rings. The lowest BCUT2D eigenvalue weighted by atomic mass is 10.1. The second-order valence-electron chi connectivity index (χ2n) is 7.04. The molecule has 8 nitrogen and oxygen atoms in total. The van der Waals surface area contributed by atoms with Crippen LogP contribution in [0, 0.1) is 10.1 Å². The van der Waals surface area contributed by atoms with Gasteiger partial charge in [-0.15, -0.1) is 0 Å². The van der Waals surface area contributed by atoms with Crippen LogP contribution < -0.4 is 14.9 Å². The van der Waals surface area contributed by atoms with Crippen molar-refractivity contribution in [3.05, 3.63) is 97.0 Å². The van der Waals surface area contributed by atoms with Gasteiger partial charge >= 0.3 is 0 Å². The van der Waals surface area contributed by atoms with Crippen molar-refractivity contribution in [1.82, 2.24) is 5.43 Å². The van der Waals surface area contributed by atoms with E-state index in [0.717, 1.165) is 5.56 Å². The van der Waals surface area contributed by atoms with Gasteiger partial charge in [-0.05, 0) is 52.2 Å². The van der Waals surface area contributed by atoms with E-state index in [4.69, 9.17) is 21.1 Å². The van der Waals surface area contributed by atoms with Gasteiger partial charge in [-0.1, -0.05) is 41.9 Å². The Morgan fingerprint density at radius 2 is 1.91 bits per heavy atom. The van der Waals surface area contributed by atoms with Crippen LogP contribution in [-0.2, 0) is 17.8 Å². The minimum atomic E-state index is -0.490. The average Bonchev–Trinajstić information content (AvgIpc) is 2.80. The molecule has 0 aliphatic carbocycles. The van der Waals surface area contributed by atoms with Crippen molar-refractivity contribution in [1.29, 1.82) is 0 Å². The van der Waals surface area contributed by atoms with Crippen LogP contribution in [0.15, 0.2) is 70.2 Å². The summed E-state index contributed by atoms with van der Waals surface area (Å²) < 4.78 is 12.3. The van der Waals surface area contributed by atoms with Gasteiger partial charge in [-0.2, -0.15) is 5.10 Å². The summed E-state index contributed by atoms with van der Waals surface area (Å²) in [7, 11) is 0. The molecule has 0 spiro atoms. The average molecular weight is 547 g/mol.